The van der Waals surface area contributed by atoms with Gasteiger partial charge in [-0.15, -0.1) is 0 Å². The minimum absolute atomic E-state index is 0.0471. The van der Waals surface area contributed by atoms with Crippen LogP contribution < -0.4 is 0 Å². The van der Waals surface area contributed by atoms with E-state index in [0.717, 1.165) is 0 Å². The van der Waals surface area contributed by atoms with E-state index >= 15 is 0 Å². The predicted octanol–water partition coefficient (Wildman–Crippen LogP) is 40.2. The summed E-state index contributed by atoms with van der Waals surface area (Å²) < 4.78 is 0. The van der Waals surface area contributed by atoms with Crippen molar-refractivity contribution in [3.05, 3.63) is 545 Å². The summed E-state index contributed by atoms with van der Waals surface area (Å²) in [5.41, 5.74) is 30.5. The van der Waals surface area contributed by atoms with E-state index < -0.39 is 0 Å². The van der Waals surface area contributed by atoms with Crippen molar-refractivity contribution in [2.24, 2.45) is 0 Å². The third kappa shape index (κ3) is 14.7. The lowest BCUT2D eigenvalue weighted by Gasteiger charge is -2.22. The van der Waals surface area contributed by atoms with Gasteiger partial charge in [0.2, 0.25) is 0 Å². The molecule has 666 valence electrons. The zero-order valence-corrected chi connectivity index (χ0v) is 79.3. The highest BCUT2D eigenvalue weighted by Crippen LogP contribution is 2.54. The van der Waals surface area contributed by atoms with Gasteiger partial charge in [0.1, 0.15) is 0 Å². The number of fused-ring (bicyclic) bond motifs is 18. The molecular weight excluding hydrogens is 1720 g/mol. The van der Waals surface area contributed by atoms with Crippen molar-refractivity contribution in [1.29, 1.82) is 0 Å². The van der Waals surface area contributed by atoms with Crippen molar-refractivity contribution in [2.75, 3.05) is 0 Å². The van der Waals surface area contributed by atoms with Gasteiger partial charge < -0.3 is 0 Å². The minimum atomic E-state index is -0.0471. The maximum Gasteiger partial charge on any atom is 0.0159 e. The minimum Gasteiger partial charge on any atom is -0.0622 e. The molecule has 29 rings (SSSR count). The zero-order chi connectivity index (χ0) is 94.7. The molecule has 1 aliphatic carbocycles. The number of hydrogen-bond acceptors (Lipinski definition) is 0. The Kier molecular flexibility index (Phi) is 20.4. The Morgan fingerprint density at radius 3 is 0.713 bits per heavy atom. The summed E-state index contributed by atoms with van der Waals surface area (Å²) in [6.45, 7) is 4.73. The second kappa shape index (κ2) is 34.7. The molecule has 0 saturated heterocycles. The van der Waals surface area contributed by atoms with E-state index in [2.05, 4.69) is 548 Å². The molecule has 0 atom stereocenters. The van der Waals surface area contributed by atoms with Crippen molar-refractivity contribution in [1.82, 2.24) is 0 Å². The van der Waals surface area contributed by atoms with Gasteiger partial charge in [-0.25, -0.2) is 0 Å². The molecule has 0 aromatic heterocycles. The molecular formula is C143H94. The number of benzene rings is 28. The number of rotatable bonds is 10. The number of hydrogen-bond donors (Lipinski definition) is 0. The average molecular weight is 1810 g/mol. The Morgan fingerprint density at radius 2 is 0.336 bits per heavy atom. The molecule has 0 unspecified atom stereocenters. The third-order valence-corrected chi connectivity index (χ3v) is 30.6. The van der Waals surface area contributed by atoms with E-state index in [4.69, 9.17) is 0 Å². The Morgan fingerprint density at radius 1 is 0.105 bits per heavy atom. The predicted molar refractivity (Wildman–Crippen MR) is 616 cm³/mol. The topological polar surface area (TPSA) is 0 Å². The van der Waals surface area contributed by atoms with E-state index in [1.807, 2.05) is 0 Å². The van der Waals surface area contributed by atoms with Gasteiger partial charge in [0.05, 0.1) is 0 Å². The smallest absolute Gasteiger partial charge is 0.0159 e. The summed E-state index contributed by atoms with van der Waals surface area (Å²) in [6, 6.07) is 197. The Labute approximate surface area is 831 Å². The van der Waals surface area contributed by atoms with Crippen molar-refractivity contribution >= 4 is 151 Å². The summed E-state index contributed by atoms with van der Waals surface area (Å²) in [5.74, 6) is 0. The second-order valence-electron chi connectivity index (χ2n) is 39.1. The van der Waals surface area contributed by atoms with Crippen LogP contribution in [0.1, 0.15) is 25.0 Å². The quantitative estimate of drug-likeness (QED) is 0.0946. The molecule has 143 heavy (non-hydrogen) atoms. The monoisotopic (exact) mass is 1810 g/mol. The average Bonchev–Trinajstić information content (AvgIpc) is 1.35. The molecule has 0 spiro atoms. The normalized spacial score (nSPS) is 12.2. The van der Waals surface area contributed by atoms with E-state index in [0.29, 0.717) is 0 Å². The SMILES string of the molecule is CC1(C)c2ccccc2-c2ccc(-c3ccc4c(-c5ccc6ccccc6c5)c5ccccc5c(-c5ccc6ccccc6c5)c4c3)cc21.c1ccc(-c2ccc(-c3ccc4c(-c5ccc6ccccc6c5)c5ccccc5c(-c5ccc6ccccc6c5)c4c3)cc2)cc1.c1ccc2cc(-c3c4ccccc4c(-c4ccc5ccccc5c4)c4cc(-c5cc6ccccc6c6ccccc56)ccc34)ccc2c1. The fourth-order valence-corrected chi connectivity index (χ4v) is 23.7. The van der Waals surface area contributed by atoms with Gasteiger partial charge in [-0.2, -0.15) is 0 Å². The molecule has 0 bridgehead atoms. The van der Waals surface area contributed by atoms with Crippen LogP contribution in [0.2, 0.25) is 0 Å². The molecule has 0 N–H and O–H groups in total. The molecule has 28 aromatic carbocycles. The standard InChI is InChI=1S/C49H34.C48H30.C46H30/c1-49(2)45-18-10-9-15-39(45)40-25-23-36(30-46(40)49)35-24-26-43-44(29-35)48(38-22-20-32-12-4-6-14-34(32)28-38)42-17-8-7-16-41(42)47(43)37-21-19-31-11-3-5-13-33(31)27-37;1-3-13-33-27-37(23-21-31(33)11-1)47-42-19-9-10-20-43(42)48(38-24-22-32-12-2-4-14-34(32)28-38)46-30-36(25-26-44(46)47)45-29-35-15-5-6-16-39(35)40-17-7-8-18-41(40)45;1-2-10-31(11-3-1)34-18-20-35(21-19-34)38-26-27-43-44(30-38)46(40-25-23-33-13-5-7-15-37(33)29-40)42-17-9-8-16-41(42)45(43)39-24-22-32-12-4-6-14-36(32)28-39/h3-30H,1-2H3;1-30H;1-30H. The first kappa shape index (κ1) is 84.1. The van der Waals surface area contributed by atoms with Crippen LogP contribution in [0, 0.1) is 0 Å². The molecule has 0 heteroatoms. The van der Waals surface area contributed by atoms with E-state index in [-0.39, 0.29) is 5.41 Å². The summed E-state index contributed by atoms with van der Waals surface area (Å²) in [7, 11) is 0. The van der Waals surface area contributed by atoms with Gasteiger partial charge in [0.15, 0.2) is 0 Å². The zero-order valence-electron chi connectivity index (χ0n) is 79.3. The Hall–Kier alpha value is -18.2. The highest BCUT2D eigenvalue weighted by molar-refractivity contribution is 6.27. The fourth-order valence-electron chi connectivity index (χ4n) is 23.7. The van der Waals surface area contributed by atoms with Crippen molar-refractivity contribution in [3.8, 4) is 122 Å². The first-order valence-electron chi connectivity index (χ1n) is 49.9. The summed E-state index contributed by atoms with van der Waals surface area (Å²) >= 11 is 0. The fraction of sp³-hybridized carbons (Fsp3) is 0.0210. The molecule has 0 nitrogen and oxygen atoms in total. The van der Waals surface area contributed by atoms with Crippen LogP contribution in [-0.4, -0.2) is 0 Å². The van der Waals surface area contributed by atoms with Crippen molar-refractivity contribution in [2.45, 2.75) is 19.3 Å². The van der Waals surface area contributed by atoms with Gasteiger partial charge in [-0.3, -0.25) is 0 Å². The molecule has 1 aliphatic rings. The van der Waals surface area contributed by atoms with Gasteiger partial charge >= 0.3 is 0 Å². The van der Waals surface area contributed by atoms with Crippen molar-refractivity contribution in [3.63, 3.8) is 0 Å². The third-order valence-electron chi connectivity index (χ3n) is 30.6. The van der Waals surface area contributed by atoms with Gasteiger partial charge in [-0.1, -0.05) is 481 Å². The first-order chi connectivity index (χ1) is 70.6. The van der Waals surface area contributed by atoms with Gasteiger partial charge in [0.25, 0.3) is 0 Å². The lowest BCUT2D eigenvalue weighted by Crippen LogP contribution is -2.14. The molecule has 0 fully saturated rings. The Balaban J connectivity index is 0.000000107. The van der Waals surface area contributed by atoms with E-state index in [1.54, 1.807) is 0 Å². The van der Waals surface area contributed by atoms with Crippen molar-refractivity contribution < 1.29 is 0 Å². The lowest BCUT2D eigenvalue weighted by molar-refractivity contribution is 0.660. The molecule has 0 heterocycles. The van der Waals surface area contributed by atoms with Gasteiger partial charge in [0, 0.05) is 5.41 Å². The summed E-state index contributed by atoms with van der Waals surface area (Å²) in [4.78, 5) is 0. The van der Waals surface area contributed by atoms with Crippen LogP contribution in [0.15, 0.2) is 534 Å². The van der Waals surface area contributed by atoms with Crippen LogP contribution in [0.25, 0.3) is 273 Å². The summed E-state index contributed by atoms with van der Waals surface area (Å²) in [6.07, 6.45) is 0. The summed E-state index contributed by atoms with van der Waals surface area (Å²) in [5, 5.41) is 35.4. The van der Waals surface area contributed by atoms with Gasteiger partial charge in [-0.05, 0) is 351 Å². The largest absolute Gasteiger partial charge is 0.0622 e. The maximum absolute atomic E-state index is 2.45. The maximum atomic E-state index is 2.45. The van der Waals surface area contributed by atoms with E-state index in [9.17, 15) is 0 Å². The van der Waals surface area contributed by atoms with Crippen LogP contribution >= 0.6 is 0 Å². The molecule has 28 aromatic rings. The molecule has 0 radical (unpaired) electrons. The molecule has 0 amide bonds. The lowest BCUT2D eigenvalue weighted by atomic mass is 9.81. The molecule has 0 aliphatic heterocycles. The second-order valence-corrected chi connectivity index (χ2v) is 39.1. The molecule has 0 saturated carbocycles. The highest BCUT2D eigenvalue weighted by atomic mass is 14.4. The van der Waals surface area contributed by atoms with Crippen LogP contribution in [0.4, 0.5) is 0 Å². The van der Waals surface area contributed by atoms with Crippen LogP contribution in [-0.2, 0) is 5.41 Å². The van der Waals surface area contributed by atoms with Crippen LogP contribution in [0.3, 0.4) is 0 Å². The first-order valence-corrected chi connectivity index (χ1v) is 49.9. The van der Waals surface area contributed by atoms with E-state index in [1.165, 1.54) is 284 Å². The van der Waals surface area contributed by atoms with Crippen LogP contribution in [0.5, 0.6) is 0 Å². The highest BCUT2D eigenvalue weighted by Gasteiger charge is 2.36. The Bertz CT molecular complexity index is 10100.